The van der Waals surface area contributed by atoms with Gasteiger partial charge in [-0.05, 0) is 29.8 Å². The molecule has 0 spiro atoms. The second-order valence-electron chi connectivity index (χ2n) is 6.06. The molecule has 0 radical (unpaired) electrons. The molecular formula is C22H18N2O2. The monoisotopic (exact) mass is 342 g/mol. The topological polar surface area (TPSA) is 44.1 Å². The van der Waals surface area contributed by atoms with Gasteiger partial charge in [0.2, 0.25) is 0 Å². The number of esters is 1. The minimum atomic E-state index is -0.324. The van der Waals surface area contributed by atoms with Gasteiger partial charge in [0.15, 0.2) is 0 Å². The Hall–Kier alpha value is -3.40. The number of methoxy groups -OCH3 is 1. The summed E-state index contributed by atoms with van der Waals surface area (Å²) in [5, 5.41) is 0. The first-order chi connectivity index (χ1) is 12.8. The molecule has 4 heteroatoms. The molecule has 0 saturated heterocycles. The molecule has 1 aromatic heterocycles. The van der Waals surface area contributed by atoms with Crippen LogP contribution in [0.3, 0.4) is 0 Å². The van der Waals surface area contributed by atoms with E-state index in [1.54, 1.807) is 12.1 Å². The molecule has 128 valence electrons. The van der Waals surface area contributed by atoms with Crippen molar-refractivity contribution >= 4 is 17.0 Å². The number of imidazole rings is 1. The summed E-state index contributed by atoms with van der Waals surface area (Å²) < 4.78 is 6.97. The maximum absolute atomic E-state index is 11.6. The number of para-hydroxylation sites is 2. The molecule has 0 bridgehead atoms. The maximum atomic E-state index is 11.6. The Morgan fingerprint density at radius 3 is 2.35 bits per heavy atom. The Morgan fingerprint density at radius 2 is 1.62 bits per heavy atom. The number of hydrogen-bond donors (Lipinski definition) is 0. The zero-order valence-corrected chi connectivity index (χ0v) is 14.4. The van der Waals surface area contributed by atoms with Crippen LogP contribution in [0.25, 0.3) is 22.4 Å². The van der Waals surface area contributed by atoms with Crippen molar-refractivity contribution in [1.82, 2.24) is 9.55 Å². The molecule has 4 nitrogen and oxygen atoms in total. The van der Waals surface area contributed by atoms with E-state index in [9.17, 15) is 4.79 Å². The van der Waals surface area contributed by atoms with Crippen molar-refractivity contribution in [3.8, 4) is 11.4 Å². The van der Waals surface area contributed by atoms with Crippen LogP contribution in [-0.2, 0) is 11.3 Å². The largest absolute Gasteiger partial charge is 0.465 e. The van der Waals surface area contributed by atoms with Crippen molar-refractivity contribution in [3.05, 3.63) is 90.0 Å². The lowest BCUT2D eigenvalue weighted by Gasteiger charge is -2.10. The van der Waals surface area contributed by atoms with Gasteiger partial charge in [-0.3, -0.25) is 0 Å². The van der Waals surface area contributed by atoms with Gasteiger partial charge in [-0.15, -0.1) is 0 Å². The molecule has 0 aliphatic heterocycles. The Balaban J connectivity index is 1.77. The highest BCUT2D eigenvalue weighted by Gasteiger charge is 2.13. The van der Waals surface area contributed by atoms with Crippen molar-refractivity contribution in [3.63, 3.8) is 0 Å². The Labute approximate surface area is 151 Å². The molecule has 0 saturated carbocycles. The number of ether oxygens (including phenoxy) is 1. The maximum Gasteiger partial charge on any atom is 0.337 e. The highest BCUT2D eigenvalue weighted by molar-refractivity contribution is 5.89. The first kappa shape index (κ1) is 16.1. The first-order valence-electron chi connectivity index (χ1n) is 8.44. The number of nitrogens with zero attached hydrogens (tertiary/aromatic N) is 2. The van der Waals surface area contributed by atoms with Crippen LogP contribution in [0, 0.1) is 0 Å². The Morgan fingerprint density at radius 1 is 0.923 bits per heavy atom. The van der Waals surface area contributed by atoms with E-state index in [1.807, 2.05) is 48.5 Å². The van der Waals surface area contributed by atoms with Crippen molar-refractivity contribution in [2.45, 2.75) is 6.54 Å². The van der Waals surface area contributed by atoms with Gasteiger partial charge in [0.1, 0.15) is 5.82 Å². The fourth-order valence-electron chi connectivity index (χ4n) is 3.09. The normalized spacial score (nSPS) is 10.8. The molecule has 0 atom stereocenters. The third-order valence-electron chi connectivity index (χ3n) is 4.40. The molecule has 3 aromatic carbocycles. The summed E-state index contributed by atoms with van der Waals surface area (Å²) in [6, 6.07) is 25.8. The molecule has 0 aliphatic carbocycles. The summed E-state index contributed by atoms with van der Waals surface area (Å²) in [6.45, 7) is 0.673. The lowest BCUT2D eigenvalue weighted by molar-refractivity contribution is 0.0600. The standard InChI is InChI=1S/C22H18N2O2/c1-26-22(25)18-13-11-16(12-14-18)15-24-20-10-6-5-9-19(20)23-21(24)17-7-3-2-4-8-17/h2-14H,15H2,1H3. The molecule has 0 aliphatic rings. The zero-order valence-electron chi connectivity index (χ0n) is 14.4. The van der Waals surface area contributed by atoms with E-state index in [4.69, 9.17) is 9.72 Å². The van der Waals surface area contributed by atoms with E-state index in [0.29, 0.717) is 12.1 Å². The van der Waals surface area contributed by atoms with E-state index in [0.717, 1.165) is 28.0 Å². The van der Waals surface area contributed by atoms with Crippen molar-refractivity contribution in [2.75, 3.05) is 7.11 Å². The highest BCUT2D eigenvalue weighted by Crippen LogP contribution is 2.25. The predicted molar refractivity (Wildman–Crippen MR) is 102 cm³/mol. The molecular weight excluding hydrogens is 324 g/mol. The second-order valence-corrected chi connectivity index (χ2v) is 6.06. The number of benzene rings is 3. The van der Waals surface area contributed by atoms with Crippen LogP contribution in [0.15, 0.2) is 78.9 Å². The molecule has 26 heavy (non-hydrogen) atoms. The quantitative estimate of drug-likeness (QED) is 0.512. The van der Waals surface area contributed by atoms with Gasteiger partial charge in [0.05, 0.1) is 23.7 Å². The fraction of sp³-hybridized carbons (Fsp3) is 0.0909. The number of fused-ring (bicyclic) bond motifs is 1. The summed E-state index contributed by atoms with van der Waals surface area (Å²) in [4.78, 5) is 16.4. The number of hydrogen-bond acceptors (Lipinski definition) is 3. The number of aromatic nitrogens is 2. The van der Waals surface area contributed by atoms with Crippen molar-refractivity contribution in [1.29, 1.82) is 0 Å². The Bertz CT molecular complexity index is 1050. The van der Waals surface area contributed by atoms with Crippen LogP contribution in [-0.4, -0.2) is 22.6 Å². The van der Waals surface area contributed by atoms with E-state index >= 15 is 0 Å². The summed E-state index contributed by atoms with van der Waals surface area (Å²) in [7, 11) is 1.39. The summed E-state index contributed by atoms with van der Waals surface area (Å²) in [5.74, 6) is 0.610. The van der Waals surface area contributed by atoms with Crippen molar-refractivity contribution < 1.29 is 9.53 Å². The predicted octanol–water partition coefficient (Wildman–Crippen LogP) is 4.54. The lowest BCUT2D eigenvalue weighted by Crippen LogP contribution is -2.04. The van der Waals surface area contributed by atoms with Crippen molar-refractivity contribution in [2.24, 2.45) is 0 Å². The van der Waals surface area contributed by atoms with Gasteiger partial charge < -0.3 is 9.30 Å². The second kappa shape index (κ2) is 6.84. The number of rotatable bonds is 4. The number of carbonyl (C=O) groups excluding carboxylic acids is 1. The van der Waals surface area contributed by atoms with Crippen LogP contribution in [0.1, 0.15) is 15.9 Å². The third kappa shape index (κ3) is 2.97. The fourth-order valence-corrected chi connectivity index (χ4v) is 3.09. The Kier molecular flexibility index (Phi) is 4.23. The van der Waals surface area contributed by atoms with E-state index in [1.165, 1.54) is 7.11 Å². The lowest BCUT2D eigenvalue weighted by atomic mass is 10.1. The van der Waals surface area contributed by atoms with Crippen LogP contribution in [0.2, 0.25) is 0 Å². The zero-order chi connectivity index (χ0) is 17.9. The highest BCUT2D eigenvalue weighted by atomic mass is 16.5. The van der Waals surface area contributed by atoms with Crippen LogP contribution in [0.5, 0.6) is 0 Å². The molecule has 4 aromatic rings. The van der Waals surface area contributed by atoms with E-state index < -0.39 is 0 Å². The summed E-state index contributed by atoms with van der Waals surface area (Å²) in [6.07, 6.45) is 0. The molecule has 0 N–H and O–H groups in total. The average molecular weight is 342 g/mol. The molecule has 0 fully saturated rings. The molecule has 0 amide bonds. The molecule has 0 unspecified atom stereocenters. The smallest absolute Gasteiger partial charge is 0.337 e. The molecule has 1 heterocycles. The van der Waals surface area contributed by atoms with Gasteiger partial charge in [-0.25, -0.2) is 9.78 Å². The minimum absolute atomic E-state index is 0.324. The third-order valence-corrected chi connectivity index (χ3v) is 4.40. The van der Waals surface area contributed by atoms with Crippen LogP contribution in [0.4, 0.5) is 0 Å². The summed E-state index contributed by atoms with van der Waals surface area (Å²) >= 11 is 0. The number of carbonyl (C=O) groups is 1. The molecule has 4 rings (SSSR count). The summed E-state index contributed by atoms with van der Waals surface area (Å²) in [5.41, 5.74) is 4.78. The van der Waals surface area contributed by atoms with Crippen LogP contribution >= 0.6 is 0 Å². The van der Waals surface area contributed by atoms with E-state index in [2.05, 4.69) is 22.8 Å². The SMILES string of the molecule is COC(=O)c1ccc(Cn2c(-c3ccccc3)nc3ccccc32)cc1. The minimum Gasteiger partial charge on any atom is -0.465 e. The van der Waals surface area contributed by atoms with Gasteiger partial charge in [-0.1, -0.05) is 54.6 Å². The van der Waals surface area contributed by atoms with Gasteiger partial charge in [0, 0.05) is 12.1 Å². The van der Waals surface area contributed by atoms with Gasteiger partial charge in [-0.2, -0.15) is 0 Å². The first-order valence-corrected chi connectivity index (χ1v) is 8.44. The van der Waals surface area contributed by atoms with Gasteiger partial charge >= 0.3 is 5.97 Å². The van der Waals surface area contributed by atoms with Crippen LogP contribution < -0.4 is 0 Å². The van der Waals surface area contributed by atoms with Gasteiger partial charge in [0.25, 0.3) is 0 Å². The average Bonchev–Trinajstić information content (AvgIpc) is 3.07. The van der Waals surface area contributed by atoms with E-state index in [-0.39, 0.29) is 5.97 Å².